The van der Waals surface area contributed by atoms with E-state index >= 15 is 0 Å². The van der Waals surface area contributed by atoms with Crippen LogP contribution in [-0.2, 0) is 16.0 Å². The van der Waals surface area contributed by atoms with Gasteiger partial charge in [-0.15, -0.1) is 0 Å². The first-order chi connectivity index (χ1) is 11.6. The van der Waals surface area contributed by atoms with Crippen molar-refractivity contribution in [2.75, 3.05) is 16.8 Å². The van der Waals surface area contributed by atoms with Crippen LogP contribution in [0, 0.1) is 23.2 Å². The maximum atomic E-state index is 12.8. The van der Waals surface area contributed by atoms with Gasteiger partial charge >= 0.3 is 0 Å². The fourth-order valence-corrected chi connectivity index (χ4v) is 5.31. The molecule has 3 aliphatic carbocycles. The van der Waals surface area contributed by atoms with Gasteiger partial charge in [0.25, 0.3) is 0 Å². The first-order valence-corrected chi connectivity index (χ1v) is 8.99. The Balaban J connectivity index is 1.33. The summed E-state index contributed by atoms with van der Waals surface area (Å²) in [6, 6.07) is 5.92. The predicted octanol–water partition coefficient (Wildman–Crippen LogP) is 3.14. The lowest BCUT2D eigenvalue weighted by atomic mass is 9.88. The zero-order valence-corrected chi connectivity index (χ0v) is 13.9. The van der Waals surface area contributed by atoms with Crippen LogP contribution in [0.2, 0.25) is 0 Å². The van der Waals surface area contributed by atoms with Crippen LogP contribution in [0.25, 0.3) is 0 Å². The molecule has 0 radical (unpaired) electrons. The maximum Gasteiger partial charge on any atom is 0.228 e. The minimum Gasteiger partial charge on any atom is -0.326 e. The second-order valence-corrected chi connectivity index (χ2v) is 7.85. The third-order valence-corrected chi connectivity index (χ3v) is 6.68. The van der Waals surface area contributed by atoms with Crippen molar-refractivity contribution < 1.29 is 9.59 Å². The molecule has 0 saturated heterocycles. The van der Waals surface area contributed by atoms with E-state index in [1.807, 2.05) is 18.2 Å². The standard InChI is InChI=1S/C20H22N2O2/c1-12(23)22-9-6-13-10-15(3-5-18(13)22)21-19(24)16-11-14-2-4-17(16)20(14)7-8-20/h2-5,10,14,16-17H,6-9,11H2,1H3,(H,21,24). The molecule has 1 aromatic carbocycles. The summed E-state index contributed by atoms with van der Waals surface area (Å²) in [4.78, 5) is 26.2. The monoisotopic (exact) mass is 322 g/mol. The molecule has 1 aliphatic heterocycles. The molecule has 3 unspecified atom stereocenters. The van der Waals surface area contributed by atoms with Crippen molar-refractivity contribution in [3.8, 4) is 0 Å². The number of nitrogens with one attached hydrogen (secondary N) is 1. The van der Waals surface area contributed by atoms with Crippen LogP contribution >= 0.6 is 0 Å². The van der Waals surface area contributed by atoms with Gasteiger partial charge in [0.15, 0.2) is 0 Å². The summed E-state index contributed by atoms with van der Waals surface area (Å²) in [5.41, 5.74) is 3.44. The second kappa shape index (κ2) is 4.71. The number of benzene rings is 1. The molecule has 2 saturated carbocycles. The van der Waals surface area contributed by atoms with E-state index in [9.17, 15) is 9.59 Å². The van der Waals surface area contributed by atoms with Crippen molar-refractivity contribution in [2.24, 2.45) is 23.2 Å². The summed E-state index contributed by atoms with van der Waals surface area (Å²) in [7, 11) is 0. The summed E-state index contributed by atoms with van der Waals surface area (Å²) in [5, 5.41) is 3.13. The zero-order valence-electron chi connectivity index (χ0n) is 13.9. The fraction of sp³-hybridized carbons (Fsp3) is 0.500. The minimum atomic E-state index is 0.0778. The lowest BCUT2D eigenvalue weighted by Gasteiger charge is -2.20. The number of fused-ring (bicyclic) bond motifs is 1. The highest BCUT2D eigenvalue weighted by Gasteiger charge is 2.64. The highest BCUT2D eigenvalue weighted by Crippen LogP contribution is 2.70. The number of carbonyl (C=O) groups is 2. The summed E-state index contributed by atoms with van der Waals surface area (Å²) >= 11 is 0. The number of rotatable bonds is 2. The predicted molar refractivity (Wildman–Crippen MR) is 92.7 cm³/mol. The van der Waals surface area contributed by atoms with E-state index in [0.29, 0.717) is 17.3 Å². The van der Waals surface area contributed by atoms with Crippen molar-refractivity contribution in [3.63, 3.8) is 0 Å². The molecule has 1 spiro atoms. The Hall–Kier alpha value is -2.10. The van der Waals surface area contributed by atoms with Crippen molar-refractivity contribution in [3.05, 3.63) is 35.9 Å². The van der Waals surface area contributed by atoms with E-state index in [-0.39, 0.29) is 17.7 Å². The molecule has 1 heterocycles. The average Bonchev–Trinajstić information content (AvgIpc) is 3.02. The van der Waals surface area contributed by atoms with Gasteiger partial charge in [-0.25, -0.2) is 0 Å². The Bertz CT molecular complexity index is 778. The highest BCUT2D eigenvalue weighted by atomic mass is 16.2. The topological polar surface area (TPSA) is 49.4 Å². The van der Waals surface area contributed by atoms with Gasteiger partial charge in [0.1, 0.15) is 0 Å². The smallest absolute Gasteiger partial charge is 0.228 e. The molecule has 1 N–H and O–H groups in total. The molecule has 124 valence electrons. The third-order valence-electron chi connectivity index (χ3n) is 6.68. The van der Waals surface area contributed by atoms with Crippen molar-refractivity contribution in [1.82, 2.24) is 0 Å². The number of hydrogen-bond acceptors (Lipinski definition) is 2. The van der Waals surface area contributed by atoms with Gasteiger partial charge in [0.05, 0.1) is 0 Å². The van der Waals surface area contributed by atoms with E-state index in [1.165, 1.54) is 12.8 Å². The second-order valence-electron chi connectivity index (χ2n) is 7.85. The molecule has 0 aromatic heterocycles. The van der Waals surface area contributed by atoms with Crippen LogP contribution in [0.1, 0.15) is 31.7 Å². The van der Waals surface area contributed by atoms with Crippen LogP contribution in [0.15, 0.2) is 30.4 Å². The zero-order chi connectivity index (χ0) is 16.5. The molecule has 2 bridgehead atoms. The molecule has 24 heavy (non-hydrogen) atoms. The van der Waals surface area contributed by atoms with E-state index in [0.717, 1.165) is 36.3 Å². The third kappa shape index (κ3) is 1.86. The molecule has 5 rings (SSSR count). The normalized spacial score (nSPS) is 30.7. The van der Waals surface area contributed by atoms with Gasteiger partial charge < -0.3 is 10.2 Å². The molecule has 2 fully saturated rings. The van der Waals surface area contributed by atoms with Crippen LogP contribution in [-0.4, -0.2) is 18.4 Å². The van der Waals surface area contributed by atoms with Crippen LogP contribution in [0.3, 0.4) is 0 Å². The van der Waals surface area contributed by atoms with Crippen molar-refractivity contribution in [2.45, 2.75) is 32.6 Å². The molecule has 4 heteroatoms. The van der Waals surface area contributed by atoms with E-state index in [2.05, 4.69) is 17.5 Å². The number of anilines is 2. The molecule has 1 aromatic rings. The SMILES string of the molecule is CC(=O)N1CCc2cc(NC(=O)C3CC4C=CC3C43CC3)ccc21. The van der Waals surface area contributed by atoms with E-state index in [1.54, 1.807) is 11.8 Å². The summed E-state index contributed by atoms with van der Waals surface area (Å²) in [5.74, 6) is 1.45. The van der Waals surface area contributed by atoms with Crippen LogP contribution in [0.4, 0.5) is 11.4 Å². The first kappa shape index (κ1) is 14.3. The summed E-state index contributed by atoms with van der Waals surface area (Å²) < 4.78 is 0. The highest BCUT2D eigenvalue weighted by molar-refractivity contribution is 5.96. The molecule has 4 nitrogen and oxygen atoms in total. The number of hydrogen-bond donors (Lipinski definition) is 1. The average molecular weight is 322 g/mol. The largest absolute Gasteiger partial charge is 0.326 e. The van der Waals surface area contributed by atoms with Gasteiger partial charge in [0.2, 0.25) is 11.8 Å². The summed E-state index contributed by atoms with van der Waals surface area (Å²) in [6.45, 7) is 2.34. The van der Waals surface area contributed by atoms with Gasteiger partial charge in [0, 0.05) is 30.8 Å². The van der Waals surface area contributed by atoms with Crippen LogP contribution < -0.4 is 10.2 Å². The minimum absolute atomic E-state index is 0.0778. The Morgan fingerprint density at radius 3 is 2.79 bits per heavy atom. The first-order valence-electron chi connectivity index (χ1n) is 8.99. The van der Waals surface area contributed by atoms with Gasteiger partial charge in [-0.3, -0.25) is 9.59 Å². The number of carbonyl (C=O) groups excluding carboxylic acids is 2. The van der Waals surface area contributed by atoms with E-state index in [4.69, 9.17) is 0 Å². The Morgan fingerprint density at radius 2 is 2.08 bits per heavy atom. The number of allylic oxidation sites excluding steroid dienone is 2. The molecule has 4 aliphatic rings. The van der Waals surface area contributed by atoms with Gasteiger partial charge in [-0.1, -0.05) is 12.2 Å². The Kier molecular flexibility index (Phi) is 2.80. The molecular weight excluding hydrogens is 300 g/mol. The number of amides is 2. The molecule has 2 amide bonds. The van der Waals surface area contributed by atoms with Crippen molar-refractivity contribution in [1.29, 1.82) is 0 Å². The van der Waals surface area contributed by atoms with Crippen molar-refractivity contribution >= 4 is 23.2 Å². The Labute approximate surface area is 141 Å². The number of nitrogens with zero attached hydrogens (tertiary/aromatic N) is 1. The fourth-order valence-electron chi connectivity index (χ4n) is 5.31. The summed E-state index contributed by atoms with van der Waals surface area (Å²) in [6.07, 6.45) is 9.08. The lowest BCUT2D eigenvalue weighted by molar-refractivity contribution is -0.120. The van der Waals surface area contributed by atoms with E-state index < -0.39 is 0 Å². The van der Waals surface area contributed by atoms with Crippen LogP contribution in [0.5, 0.6) is 0 Å². The van der Waals surface area contributed by atoms with Gasteiger partial charge in [-0.2, -0.15) is 0 Å². The molecule has 3 atom stereocenters. The maximum absolute atomic E-state index is 12.8. The lowest BCUT2D eigenvalue weighted by Crippen LogP contribution is -2.27. The quantitative estimate of drug-likeness (QED) is 0.851. The van der Waals surface area contributed by atoms with Gasteiger partial charge in [-0.05, 0) is 66.7 Å². The molecular formula is C20H22N2O2. The Morgan fingerprint density at radius 1 is 1.25 bits per heavy atom.